The van der Waals surface area contributed by atoms with Crippen LogP contribution in [0.2, 0.25) is 5.02 Å². The Kier molecular flexibility index (Phi) is 7.73. The smallest absolute Gasteiger partial charge is 0.304 e. The van der Waals surface area contributed by atoms with E-state index < -0.39 is 5.97 Å². The number of nitrogens with zero attached hydrogens (tertiary/aromatic N) is 1. The largest absolute Gasteiger partial charge is 0.492 e. The molecule has 0 bridgehead atoms. The van der Waals surface area contributed by atoms with Gasteiger partial charge >= 0.3 is 5.97 Å². The zero-order valence-corrected chi connectivity index (χ0v) is 19.3. The predicted molar refractivity (Wildman–Crippen MR) is 124 cm³/mol. The van der Waals surface area contributed by atoms with Gasteiger partial charge in [0.15, 0.2) is 0 Å². The number of ether oxygens (including phenoxy) is 2. The van der Waals surface area contributed by atoms with Crippen molar-refractivity contribution in [2.45, 2.75) is 44.6 Å². The Bertz CT molecular complexity index is 926. The summed E-state index contributed by atoms with van der Waals surface area (Å²) in [5.74, 6) is 0.952. The van der Waals surface area contributed by atoms with E-state index in [1.54, 1.807) is 0 Å². The predicted octanol–water partition coefficient (Wildman–Crippen LogP) is 5.10. The van der Waals surface area contributed by atoms with E-state index in [0.717, 1.165) is 54.4 Å². The van der Waals surface area contributed by atoms with Gasteiger partial charge in [0.1, 0.15) is 18.1 Å². The minimum Gasteiger partial charge on any atom is -0.492 e. The molecule has 2 heterocycles. The van der Waals surface area contributed by atoms with Gasteiger partial charge in [0.05, 0.1) is 13.0 Å². The Morgan fingerprint density at radius 3 is 2.74 bits per heavy atom. The van der Waals surface area contributed by atoms with E-state index in [1.165, 1.54) is 11.1 Å². The highest BCUT2D eigenvalue weighted by Gasteiger charge is 2.43. The topological polar surface area (TPSA) is 59.0 Å². The molecule has 0 aromatic heterocycles. The first-order chi connectivity index (χ1) is 14.5. The van der Waals surface area contributed by atoms with Crippen LogP contribution in [0.4, 0.5) is 0 Å². The Morgan fingerprint density at radius 2 is 2.03 bits per heavy atom. The van der Waals surface area contributed by atoms with Gasteiger partial charge in [-0.2, -0.15) is 0 Å². The van der Waals surface area contributed by atoms with Crippen LogP contribution in [0, 0.1) is 0 Å². The summed E-state index contributed by atoms with van der Waals surface area (Å²) in [4.78, 5) is 13.1. The van der Waals surface area contributed by atoms with Gasteiger partial charge in [0, 0.05) is 34.2 Å². The van der Waals surface area contributed by atoms with E-state index in [-0.39, 0.29) is 24.2 Å². The van der Waals surface area contributed by atoms with Crippen LogP contribution in [0.3, 0.4) is 0 Å². The SMILES string of the molecule is CCc1cccc(Cl)c1COc1ccc2c(c1)OCC21CCN(CCC(=O)O)CC1.Cl. The Labute approximate surface area is 194 Å². The second-order valence-electron chi connectivity index (χ2n) is 8.23. The van der Waals surface area contributed by atoms with E-state index in [4.69, 9.17) is 26.2 Å². The zero-order chi connectivity index (χ0) is 21.1. The molecule has 4 rings (SSSR count). The van der Waals surface area contributed by atoms with Gasteiger partial charge in [-0.25, -0.2) is 0 Å². The normalized spacial score (nSPS) is 17.0. The van der Waals surface area contributed by atoms with Crippen LogP contribution in [0.1, 0.15) is 42.9 Å². The first-order valence-electron chi connectivity index (χ1n) is 10.6. The van der Waals surface area contributed by atoms with Gasteiger partial charge in [0.25, 0.3) is 0 Å². The van der Waals surface area contributed by atoms with Gasteiger partial charge in [-0.05, 0) is 50.0 Å². The van der Waals surface area contributed by atoms with Crippen LogP contribution in [0.25, 0.3) is 0 Å². The molecule has 2 aliphatic heterocycles. The minimum atomic E-state index is -0.736. The molecule has 2 aromatic rings. The average Bonchev–Trinajstić information content (AvgIpc) is 3.09. The summed E-state index contributed by atoms with van der Waals surface area (Å²) < 4.78 is 12.1. The maximum Gasteiger partial charge on any atom is 0.304 e. The molecule has 1 N–H and O–H groups in total. The summed E-state index contributed by atoms with van der Waals surface area (Å²) in [7, 11) is 0. The molecular formula is C24H29Cl2NO4. The van der Waals surface area contributed by atoms with Gasteiger partial charge in [-0.1, -0.05) is 36.7 Å². The molecule has 2 aromatic carbocycles. The zero-order valence-electron chi connectivity index (χ0n) is 17.7. The molecule has 7 heteroatoms. The Hall–Kier alpha value is -1.95. The number of fused-ring (bicyclic) bond motifs is 2. The van der Waals surface area contributed by atoms with Crippen LogP contribution in [0.15, 0.2) is 36.4 Å². The quantitative estimate of drug-likeness (QED) is 0.615. The van der Waals surface area contributed by atoms with Crippen molar-refractivity contribution >= 4 is 30.0 Å². The number of piperidine rings is 1. The fraction of sp³-hybridized carbons (Fsp3) is 0.458. The van der Waals surface area contributed by atoms with Crippen LogP contribution in [-0.4, -0.2) is 42.2 Å². The molecule has 1 fully saturated rings. The molecule has 2 aliphatic rings. The Morgan fingerprint density at radius 1 is 1.26 bits per heavy atom. The van der Waals surface area contributed by atoms with Gasteiger partial charge in [-0.3, -0.25) is 4.79 Å². The lowest BCUT2D eigenvalue weighted by molar-refractivity contribution is -0.137. The lowest BCUT2D eigenvalue weighted by atomic mass is 9.74. The molecular weight excluding hydrogens is 437 g/mol. The Balaban J connectivity index is 0.00000272. The molecule has 0 amide bonds. The van der Waals surface area contributed by atoms with Gasteiger partial charge < -0.3 is 19.5 Å². The molecule has 1 spiro atoms. The summed E-state index contributed by atoms with van der Waals surface area (Å²) >= 11 is 6.38. The first-order valence-corrected chi connectivity index (χ1v) is 11.0. The third-order valence-corrected chi connectivity index (χ3v) is 6.82. The molecule has 31 heavy (non-hydrogen) atoms. The summed E-state index contributed by atoms with van der Waals surface area (Å²) in [5, 5.41) is 9.64. The van der Waals surface area contributed by atoms with E-state index in [9.17, 15) is 4.79 Å². The number of hydrogen-bond acceptors (Lipinski definition) is 4. The number of carboxylic acids is 1. The molecule has 0 unspecified atom stereocenters. The lowest BCUT2D eigenvalue weighted by Crippen LogP contribution is -2.44. The molecule has 5 nitrogen and oxygen atoms in total. The second kappa shape index (κ2) is 10.1. The van der Waals surface area contributed by atoms with E-state index in [0.29, 0.717) is 19.8 Å². The summed E-state index contributed by atoms with van der Waals surface area (Å²) in [6, 6.07) is 12.1. The number of hydrogen-bond donors (Lipinski definition) is 1. The monoisotopic (exact) mass is 465 g/mol. The third-order valence-electron chi connectivity index (χ3n) is 6.46. The highest BCUT2D eigenvalue weighted by atomic mass is 35.5. The van der Waals surface area contributed by atoms with Crippen LogP contribution < -0.4 is 9.47 Å². The molecule has 0 aliphatic carbocycles. The van der Waals surface area contributed by atoms with Crippen LogP contribution in [0.5, 0.6) is 11.5 Å². The van der Waals surface area contributed by atoms with Crippen molar-refractivity contribution in [3.05, 3.63) is 58.1 Å². The molecule has 0 atom stereocenters. The number of carbonyl (C=O) groups is 1. The third kappa shape index (κ3) is 5.11. The number of carboxylic acid groups (broad SMARTS) is 1. The highest BCUT2D eigenvalue weighted by Crippen LogP contribution is 2.46. The van der Waals surface area contributed by atoms with E-state index in [2.05, 4.69) is 24.0 Å². The molecule has 0 radical (unpaired) electrons. The van der Waals surface area contributed by atoms with Gasteiger partial charge in [0.2, 0.25) is 0 Å². The number of likely N-dealkylation sites (tertiary alicyclic amines) is 1. The van der Waals surface area contributed by atoms with Crippen molar-refractivity contribution in [1.82, 2.24) is 4.90 Å². The number of aryl methyl sites for hydroxylation is 1. The maximum absolute atomic E-state index is 10.8. The lowest BCUT2D eigenvalue weighted by Gasteiger charge is -2.38. The fourth-order valence-electron chi connectivity index (χ4n) is 4.57. The van der Waals surface area contributed by atoms with Crippen molar-refractivity contribution in [2.24, 2.45) is 0 Å². The number of halogens is 2. The standard InChI is InChI=1S/C24H28ClNO4.ClH/c1-2-17-4-3-5-21(25)19(17)15-29-18-6-7-20-22(14-18)30-16-24(20)9-12-26(13-10-24)11-8-23(27)28;/h3-7,14H,2,8-13,15-16H2,1H3,(H,27,28);1H. The van der Waals surface area contributed by atoms with Crippen molar-refractivity contribution < 1.29 is 19.4 Å². The van der Waals surface area contributed by atoms with E-state index in [1.807, 2.05) is 24.3 Å². The van der Waals surface area contributed by atoms with Crippen molar-refractivity contribution in [3.63, 3.8) is 0 Å². The maximum atomic E-state index is 10.8. The highest BCUT2D eigenvalue weighted by molar-refractivity contribution is 6.31. The summed E-state index contributed by atoms with van der Waals surface area (Å²) in [6.07, 6.45) is 3.09. The van der Waals surface area contributed by atoms with E-state index >= 15 is 0 Å². The number of aliphatic carboxylic acids is 1. The summed E-state index contributed by atoms with van der Waals surface area (Å²) in [5.41, 5.74) is 3.52. The minimum absolute atomic E-state index is 0. The second-order valence-corrected chi connectivity index (χ2v) is 8.64. The van der Waals surface area contributed by atoms with Crippen molar-refractivity contribution in [3.8, 4) is 11.5 Å². The van der Waals surface area contributed by atoms with Crippen molar-refractivity contribution in [1.29, 1.82) is 0 Å². The van der Waals surface area contributed by atoms with Gasteiger partial charge in [-0.15, -0.1) is 12.4 Å². The molecule has 168 valence electrons. The molecule has 0 saturated carbocycles. The van der Waals surface area contributed by atoms with Crippen molar-refractivity contribution in [2.75, 3.05) is 26.2 Å². The average molecular weight is 466 g/mol. The fourth-order valence-corrected chi connectivity index (χ4v) is 4.82. The number of rotatable bonds is 7. The first kappa shape index (κ1) is 23.7. The molecule has 1 saturated heterocycles. The van der Waals surface area contributed by atoms with Crippen LogP contribution in [-0.2, 0) is 23.2 Å². The number of benzene rings is 2. The van der Waals surface area contributed by atoms with Crippen LogP contribution >= 0.6 is 24.0 Å². The summed E-state index contributed by atoms with van der Waals surface area (Å²) in [6.45, 7) is 5.66.